The predicted molar refractivity (Wildman–Crippen MR) is 67.3 cm³/mol. The normalized spacial score (nSPS) is 12.3. The van der Waals surface area contributed by atoms with Crippen molar-refractivity contribution in [3.63, 3.8) is 0 Å². The van der Waals surface area contributed by atoms with Crippen LogP contribution in [0.15, 0.2) is 6.33 Å². The van der Waals surface area contributed by atoms with Crippen LogP contribution < -0.4 is 16.2 Å². The monoisotopic (exact) mass is 223 g/mol. The lowest BCUT2D eigenvalue weighted by molar-refractivity contribution is 0.557. The Bertz CT molecular complexity index is 339. The number of nitrogen functional groups attached to an aromatic ring is 1. The zero-order chi connectivity index (χ0) is 12.1. The Morgan fingerprint density at radius 1 is 1.50 bits per heavy atom. The molecule has 1 atom stereocenters. The first-order valence-corrected chi connectivity index (χ1v) is 5.59. The van der Waals surface area contributed by atoms with Crippen LogP contribution >= 0.6 is 0 Å². The van der Waals surface area contributed by atoms with Gasteiger partial charge in [0.25, 0.3) is 0 Å². The summed E-state index contributed by atoms with van der Waals surface area (Å²) < 4.78 is 0. The molecule has 0 spiro atoms. The number of aromatic nitrogens is 2. The lowest BCUT2D eigenvalue weighted by atomic mass is 10.1. The molecular weight excluding hydrogens is 202 g/mol. The van der Waals surface area contributed by atoms with Gasteiger partial charge in [0.1, 0.15) is 18.0 Å². The number of hydrogen-bond acceptors (Lipinski definition) is 5. The van der Waals surface area contributed by atoms with Crippen molar-refractivity contribution in [3.05, 3.63) is 11.9 Å². The van der Waals surface area contributed by atoms with E-state index in [1.54, 1.807) is 0 Å². The Morgan fingerprint density at radius 2 is 2.19 bits per heavy atom. The minimum atomic E-state index is 0.647. The fourth-order valence-electron chi connectivity index (χ4n) is 1.65. The minimum Gasteiger partial charge on any atom is -0.359 e. The topological polar surface area (TPSA) is 67.1 Å². The van der Waals surface area contributed by atoms with Crippen molar-refractivity contribution in [1.82, 2.24) is 9.97 Å². The van der Waals surface area contributed by atoms with Crippen LogP contribution in [-0.2, 0) is 0 Å². The van der Waals surface area contributed by atoms with E-state index in [9.17, 15) is 0 Å². The van der Waals surface area contributed by atoms with Gasteiger partial charge >= 0.3 is 0 Å². The maximum absolute atomic E-state index is 5.39. The third kappa shape index (κ3) is 2.82. The fourth-order valence-corrected chi connectivity index (χ4v) is 1.65. The van der Waals surface area contributed by atoms with Crippen molar-refractivity contribution < 1.29 is 0 Å². The summed E-state index contributed by atoms with van der Waals surface area (Å²) in [6.45, 7) is 7.38. The predicted octanol–water partition coefficient (Wildman–Crippen LogP) is 1.55. The Hall–Kier alpha value is -1.36. The van der Waals surface area contributed by atoms with Gasteiger partial charge in [-0.15, -0.1) is 0 Å². The van der Waals surface area contributed by atoms with E-state index in [0.29, 0.717) is 11.7 Å². The van der Waals surface area contributed by atoms with Gasteiger partial charge in [-0.25, -0.2) is 15.8 Å². The molecule has 1 rings (SSSR count). The van der Waals surface area contributed by atoms with Crippen molar-refractivity contribution in [1.29, 1.82) is 0 Å². The van der Waals surface area contributed by atoms with Gasteiger partial charge in [0, 0.05) is 19.2 Å². The van der Waals surface area contributed by atoms with Crippen LogP contribution in [0.2, 0.25) is 0 Å². The number of nitrogens with two attached hydrogens (primary N) is 1. The van der Waals surface area contributed by atoms with Crippen LogP contribution in [0.25, 0.3) is 0 Å². The van der Waals surface area contributed by atoms with Crippen molar-refractivity contribution in [3.8, 4) is 0 Å². The maximum Gasteiger partial charge on any atom is 0.148 e. The van der Waals surface area contributed by atoms with Crippen LogP contribution in [0.1, 0.15) is 25.8 Å². The molecule has 0 aliphatic heterocycles. The summed E-state index contributed by atoms with van der Waals surface area (Å²) in [6.07, 6.45) is 2.70. The first kappa shape index (κ1) is 12.7. The Labute approximate surface area is 97.0 Å². The summed E-state index contributed by atoms with van der Waals surface area (Å²) >= 11 is 0. The third-order valence-electron chi connectivity index (χ3n) is 2.84. The first-order chi connectivity index (χ1) is 7.60. The molecule has 1 unspecified atom stereocenters. The average molecular weight is 223 g/mol. The van der Waals surface area contributed by atoms with Crippen molar-refractivity contribution in [2.45, 2.75) is 27.2 Å². The van der Waals surface area contributed by atoms with E-state index in [1.165, 1.54) is 6.33 Å². The summed E-state index contributed by atoms with van der Waals surface area (Å²) in [5.74, 6) is 7.65. The van der Waals surface area contributed by atoms with E-state index in [2.05, 4.69) is 34.1 Å². The van der Waals surface area contributed by atoms with Gasteiger partial charge in [0.2, 0.25) is 0 Å². The van der Waals surface area contributed by atoms with E-state index in [1.807, 2.05) is 14.0 Å². The van der Waals surface area contributed by atoms with Crippen LogP contribution in [-0.4, -0.2) is 23.6 Å². The molecule has 0 aliphatic carbocycles. The Kier molecular flexibility index (Phi) is 4.49. The minimum absolute atomic E-state index is 0.647. The van der Waals surface area contributed by atoms with Gasteiger partial charge in [-0.2, -0.15) is 0 Å². The van der Waals surface area contributed by atoms with Gasteiger partial charge < -0.3 is 10.3 Å². The molecule has 3 N–H and O–H groups in total. The van der Waals surface area contributed by atoms with Gasteiger partial charge in [-0.1, -0.05) is 20.3 Å². The molecule has 0 bridgehead atoms. The van der Waals surface area contributed by atoms with E-state index < -0.39 is 0 Å². The zero-order valence-corrected chi connectivity index (χ0v) is 10.5. The second-order valence-corrected chi connectivity index (χ2v) is 4.21. The lowest BCUT2D eigenvalue weighted by Crippen LogP contribution is -2.26. The molecule has 0 saturated carbocycles. The number of rotatable bonds is 5. The highest BCUT2D eigenvalue weighted by Gasteiger charge is 2.12. The molecule has 5 nitrogen and oxygen atoms in total. The highest BCUT2D eigenvalue weighted by Crippen LogP contribution is 2.21. The molecule has 90 valence electrons. The van der Waals surface area contributed by atoms with Crippen LogP contribution in [0.4, 0.5) is 11.6 Å². The fraction of sp³-hybridized carbons (Fsp3) is 0.636. The van der Waals surface area contributed by atoms with E-state index in [0.717, 1.165) is 24.3 Å². The Morgan fingerprint density at radius 3 is 2.75 bits per heavy atom. The first-order valence-electron chi connectivity index (χ1n) is 5.59. The molecule has 0 radical (unpaired) electrons. The SMILES string of the molecule is CCC(C)CN(C)c1ncnc(NN)c1C. The van der Waals surface area contributed by atoms with Gasteiger partial charge in [0.05, 0.1) is 0 Å². The van der Waals surface area contributed by atoms with Crippen molar-refractivity contribution in [2.24, 2.45) is 11.8 Å². The molecule has 1 aromatic rings. The molecule has 1 heterocycles. The van der Waals surface area contributed by atoms with Gasteiger partial charge in [-0.05, 0) is 12.8 Å². The molecule has 16 heavy (non-hydrogen) atoms. The van der Waals surface area contributed by atoms with Gasteiger partial charge in [0.15, 0.2) is 0 Å². The molecule has 0 aliphatic rings. The average Bonchev–Trinajstić information content (AvgIpc) is 2.29. The van der Waals surface area contributed by atoms with E-state index in [-0.39, 0.29) is 0 Å². The smallest absolute Gasteiger partial charge is 0.148 e. The number of anilines is 2. The summed E-state index contributed by atoms with van der Waals surface area (Å²) in [5.41, 5.74) is 3.56. The van der Waals surface area contributed by atoms with E-state index in [4.69, 9.17) is 5.84 Å². The van der Waals surface area contributed by atoms with Gasteiger partial charge in [-0.3, -0.25) is 0 Å². The molecular formula is C11H21N5. The number of nitrogens with one attached hydrogen (secondary N) is 1. The maximum atomic E-state index is 5.39. The molecule has 5 heteroatoms. The molecule has 1 aromatic heterocycles. The standard InChI is InChI=1S/C11H21N5/c1-5-8(2)6-16(4)11-9(3)10(15-12)13-7-14-11/h7-8H,5-6,12H2,1-4H3,(H,13,14,15). The quantitative estimate of drug-likeness (QED) is 0.585. The highest BCUT2D eigenvalue weighted by molar-refractivity contribution is 5.56. The van der Waals surface area contributed by atoms with Crippen LogP contribution in [0, 0.1) is 12.8 Å². The largest absolute Gasteiger partial charge is 0.359 e. The number of nitrogens with zero attached hydrogens (tertiary/aromatic N) is 3. The Balaban J connectivity index is 2.86. The summed E-state index contributed by atoms with van der Waals surface area (Å²) in [7, 11) is 2.04. The van der Waals surface area contributed by atoms with Crippen molar-refractivity contribution >= 4 is 11.6 Å². The number of hydrogen-bond donors (Lipinski definition) is 2. The van der Waals surface area contributed by atoms with Crippen LogP contribution in [0.3, 0.4) is 0 Å². The summed E-state index contributed by atoms with van der Waals surface area (Å²) in [6, 6.07) is 0. The second kappa shape index (κ2) is 5.65. The molecule has 0 saturated heterocycles. The lowest BCUT2D eigenvalue weighted by Gasteiger charge is -2.23. The highest BCUT2D eigenvalue weighted by atomic mass is 15.3. The zero-order valence-electron chi connectivity index (χ0n) is 10.5. The van der Waals surface area contributed by atoms with Crippen molar-refractivity contribution in [2.75, 3.05) is 23.9 Å². The molecule has 0 aromatic carbocycles. The third-order valence-corrected chi connectivity index (χ3v) is 2.84. The summed E-state index contributed by atoms with van der Waals surface area (Å²) in [5, 5.41) is 0. The van der Waals surface area contributed by atoms with E-state index >= 15 is 0 Å². The molecule has 0 fully saturated rings. The van der Waals surface area contributed by atoms with Crippen LogP contribution in [0.5, 0.6) is 0 Å². The molecule has 0 amide bonds. The number of hydrazine groups is 1. The summed E-state index contributed by atoms with van der Waals surface area (Å²) in [4.78, 5) is 10.5. The second-order valence-electron chi connectivity index (χ2n) is 4.21.